The predicted octanol–water partition coefficient (Wildman–Crippen LogP) is 3.91. The van der Waals surface area contributed by atoms with Gasteiger partial charge in [0, 0.05) is 13.2 Å². The second kappa shape index (κ2) is 9.25. The normalized spacial score (nSPS) is 10.9. The molecular weight excluding hydrogens is 216 g/mol. The van der Waals surface area contributed by atoms with E-state index in [1.54, 1.807) is 0 Å². The van der Waals surface area contributed by atoms with Gasteiger partial charge in [-0.3, -0.25) is 0 Å². The first-order valence-corrected chi connectivity index (χ1v) is 6.59. The first-order valence-electron chi connectivity index (χ1n) is 6.59. The van der Waals surface area contributed by atoms with E-state index in [4.69, 9.17) is 13.9 Å². The van der Waals surface area contributed by atoms with E-state index in [1.165, 1.54) is 0 Å². The van der Waals surface area contributed by atoms with Crippen molar-refractivity contribution in [1.82, 2.24) is 0 Å². The van der Waals surface area contributed by atoms with Crippen LogP contribution in [0, 0.1) is 0 Å². The summed E-state index contributed by atoms with van der Waals surface area (Å²) in [7, 11) is 0. The van der Waals surface area contributed by atoms with Gasteiger partial charge in [-0.15, -0.1) is 0 Å². The van der Waals surface area contributed by atoms with Gasteiger partial charge in [-0.05, 0) is 25.0 Å². The molecule has 0 fully saturated rings. The van der Waals surface area contributed by atoms with Gasteiger partial charge in [0.15, 0.2) is 0 Å². The molecule has 0 N–H and O–H groups in total. The van der Waals surface area contributed by atoms with Crippen LogP contribution in [0.1, 0.15) is 51.1 Å². The van der Waals surface area contributed by atoms with Crippen LogP contribution in [0.4, 0.5) is 0 Å². The molecule has 98 valence electrons. The molecule has 17 heavy (non-hydrogen) atoms. The average Bonchev–Trinajstić information content (AvgIpc) is 2.78. The predicted molar refractivity (Wildman–Crippen MR) is 67.8 cm³/mol. The standard InChI is InChI=1S/C14H24O3/c1-3-5-9-15-11-13-7-8-14(17-13)12-16-10-6-4-2/h7-8H,3-6,9-12H2,1-2H3. The summed E-state index contributed by atoms with van der Waals surface area (Å²) >= 11 is 0. The topological polar surface area (TPSA) is 31.6 Å². The summed E-state index contributed by atoms with van der Waals surface area (Å²) in [5.74, 6) is 1.77. The van der Waals surface area contributed by atoms with Crippen LogP contribution in [0.25, 0.3) is 0 Å². The zero-order valence-electron chi connectivity index (χ0n) is 11.0. The minimum Gasteiger partial charge on any atom is -0.461 e. The summed E-state index contributed by atoms with van der Waals surface area (Å²) in [5, 5.41) is 0. The maximum atomic E-state index is 5.59. The zero-order chi connectivity index (χ0) is 12.3. The highest BCUT2D eigenvalue weighted by Crippen LogP contribution is 2.10. The molecule has 0 radical (unpaired) electrons. The quantitative estimate of drug-likeness (QED) is 0.581. The molecular formula is C14H24O3. The molecule has 0 saturated heterocycles. The van der Waals surface area contributed by atoms with Gasteiger partial charge in [0.2, 0.25) is 0 Å². The Labute approximate surface area is 104 Å². The van der Waals surface area contributed by atoms with Crippen molar-refractivity contribution in [3.63, 3.8) is 0 Å². The van der Waals surface area contributed by atoms with Crippen LogP contribution in [0.3, 0.4) is 0 Å². The molecule has 3 heteroatoms. The van der Waals surface area contributed by atoms with Crippen molar-refractivity contribution in [2.75, 3.05) is 13.2 Å². The van der Waals surface area contributed by atoms with Gasteiger partial charge in [-0.1, -0.05) is 26.7 Å². The van der Waals surface area contributed by atoms with Crippen molar-refractivity contribution in [2.45, 2.75) is 52.7 Å². The van der Waals surface area contributed by atoms with Gasteiger partial charge < -0.3 is 13.9 Å². The van der Waals surface area contributed by atoms with E-state index in [0.29, 0.717) is 13.2 Å². The Bertz CT molecular complexity index is 254. The lowest BCUT2D eigenvalue weighted by atomic mass is 10.4. The summed E-state index contributed by atoms with van der Waals surface area (Å²) in [6.45, 7) is 7.05. The third-order valence-corrected chi connectivity index (χ3v) is 2.49. The van der Waals surface area contributed by atoms with Crippen molar-refractivity contribution in [1.29, 1.82) is 0 Å². The van der Waals surface area contributed by atoms with Crippen LogP contribution in [0.5, 0.6) is 0 Å². The largest absolute Gasteiger partial charge is 0.461 e. The Balaban J connectivity index is 2.14. The Hall–Kier alpha value is -0.800. The molecule has 0 bridgehead atoms. The molecule has 0 atom stereocenters. The number of rotatable bonds is 10. The Morgan fingerprint density at radius 2 is 1.35 bits per heavy atom. The SMILES string of the molecule is CCCCOCc1ccc(COCCCC)o1. The minimum atomic E-state index is 0.564. The lowest BCUT2D eigenvalue weighted by molar-refractivity contribution is 0.0873. The smallest absolute Gasteiger partial charge is 0.129 e. The molecule has 0 aromatic carbocycles. The van der Waals surface area contributed by atoms with Crippen molar-refractivity contribution in [3.05, 3.63) is 23.7 Å². The molecule has 0 spiro atoms. The zero-order valence-corrected chi connectivity index (χ0v) is 11.0. The molecule has 0 saturated carbocycles. The highest BCUT2D eigenvalue weighted by atomic mass is 16.5. The molecule has 0 amide bonds. The van der Waals surface area contributed by atoms with Gasteiger partial charge in [-0.25, -0.2) is 0 Å². The Morgan fingerprint density at radius 3 is 1.76 bits per heavy atom. The maximum Gasteiger partial charge on any atom is 0.129 e. The van der Waals surface area contributed by atoms with Gasteiger partial charge in [-0.2, -0.15) is 0 Å². The molecule has 1 heterocycles. The van der Waals surface area contributed by atoms with Crippen molar-refractivity contribution < 1.29 is 13.9 Å². The monoisotopic (exact) mass is 240 g/mol. The Kier molecular flexibility index (Phi) is 7.76. The number of furan rings is 1. The summed E-state index contributed by atoms with van der Waals surface area (Å²) in [5.41, 5.74) is 0. The molecule has 1 rings (SSSR count). The fourth-order valence-corrected chi connectivity index (χ4v) is 1.42. The highest BCUT2D eigenvalue weighted by molar-refractivity contribution is 5.05. The van der Waals surface area contributed by atoms with E-state index >= 15 is 0 Å². The fraction of sp³-hybridized carbons (Fsp3) is 0.714. The van der Waals surface area contributed by atoms with E-state index in [9.17, 15) is 0 Å². The fourth-order valence-electron chi connectivity index (χ4n) is 1.42. The molecule has 1 aromatic heterocycles. The van der Waals surface area contributed by atoms with Gasteiger partial charge in [0.05, 0.1) is 0 Å². The lowest BCUT2D eigenvalue weighted by Crippen LogP contribution is -1.94. The first-order chi connectivity index (χ1) is 8.36. The highest BCUT2D eigenvalue weighted by Gasteiger charge is 2.02. The van der Waals surface area contributed by atoms with Gasteiger partial charge in [0.25, 0.3) is 0 Å². The number of hydrogen-bond donors (Lipinski definition) is 0. The van der Waals surface area contributed by atoms with Crippen LogP contribution in [-0.4, -0.2) is 13.2 Å². The second-order valence-electron chi connectivity index (χ2n) is 4.18. The van der Waals surface area contributed by atoms with Gasteiger partial charge >= 0.3 is 0 Å². The van der Waals surface area contributed by atoms with Crippen LogP contribution >= 0.6 is 0 Å². The summed E-state index contributed by atoms with van der Waals surface area (Å²) in [6, 6.07) is 3.93. The maximum absolute atomic E-state index is 5.59. The van der Waals surface area contributed by atoms with E-state index < -0.39 is 0 Å². The third-order valence-electron chi connectivity index (χ3n) is 2.49. The van der Waals surface area contributed by atoms with Crippen molar-refractivity contribution in [3.8, 4) is 0 Å². The summed E-state index contributed by atoms with van der Waals surface area (Å²) in [6.07, 6.45) is 4.53. The molecule has 0 unspecified atom stereocenters. The third kappa shape index (κ3) is 6.49. The minimum absolute atomic E-state index is 0.564. The van der Waals surface area contributed by atoms with Crippen LogP contribution in [0.15, 0.2) is 16.5 Å². The second-order valence-corrected chi connectivity index (χ2v) is 4.18. The summed E-state index contributed by atoms with van der Waals surface area (Å²) < 4.78 is 16.6. The van der Waals surface area contributed by atoms with Gasteiger partial charge in [0.1, 0.15) is 24.7 Å². The van der Waals surface area contributed by atoms with E-state index in [1.807, 2.05) is 12.1 Å². The van der Waals surface area contributed by atoms with Crippen LogP contribution < -0.4 is 0 Å². The van der Waals surface area contributed by atoms with E-state index in [-0.39, 0.29) is 0 Å². The molecule has 0 aliphatic heterocycles. The molecule has 3 nitrogen and oxygen atoms in total. The van der Waals surface area contributed by atoms with Crippen molar-refractivity contribution >= 4 is 0 Å². The Morgan fingerprint density at radius 1 is 0.882 bits per heavy atom. The van der Waals surface area contributed by atoms with Crippen LogP contribution in [0.2, 0.25) is 0 Å². The molecule has 0 aliphatic carbocycles. The summed E-state index contributed by atoms with van der Waals surface area (Å²) in [4.78, 5) is 0. The molecule has 1 aromatic rings. The average molecular weight is 240 g/mol. The van der Waals surface area contributed by atoms with Crippen LogP contribution in [-0.2, 0) is 22.7 Å². The molecule has 0 aliphatic rings. The number of ether oxygens (including phenoxy) is 2. The number of hydrogen-bond acceptors (Lipinski definition) is 3. The first kappa shape index (κ1) is 14.3. The van der Waals surface area contributed by atoms with E-state index in [0.717, 1.165) is 50.4 Å². The lowest BCUT2D eigenvalue weighted by Gasteiger charge is -2.01. The number of unbranched alkanes of at least 4 members (excludes halogenated alkanes) is 2. The van der Waals surface area contributed by atoms with Crippen molar-refractivity contribution in [2.24, 2.45) is 0 Å². The van der Waals surface area contributed by atoms with E-state index in [2.05, 4.69) is 13.8 Å².